The maximum absolute atomic E-state index is 5.23. The van der Waals surface area contributed by atoms with E-state index in [0.717, 1.165) is 84.5 Å². The number of fused-ring (bicyclic) bond motifs is 27. The van der Waals surface area contributed by atoms with Crippen LogP contribution < -0.4 is 0 Å². The molecular weight excluding hydrogens is 1820 g/mol. The highest BCUT2D eigenvalue weighted by Crippen LogP contribution is 2.48. The quantitative estimate of drug-likeness (QED) is 0.142. The minimum absolute atomic E-state index is 0.680. The van der Waals surface area contributed by atoms with Gasteiger partial charge in [-0.25, -0.2) is 34.9 Å². The summed E-state index contributed by atoms with van der Waals surface area (Å²) in [5.74, 6) is 3.53. The number of rotatable bonds is 9. The summed E-state index contributed by atoms with van der Waals surface area (Å²) in [6.07, 6.45) is 0. The minimum atomic E-state index is 0.680. The van der Waals surface area contributed by atoms with E-state index in [9.17, 15) is 0 Å². The second kappa shape index (κ2) is 31.9. The molecule has 7 nitrogen and oxygen atoms in total. The third-order valence-corrected chi connectivity index (χ3v) is 36.3. The number of aromatic nitrogens is 7. The molecule has 0 amide bonds. The summed E-state index contributed by atoms with van der Waals surface area (Å²) in [6.45, 7) is 0. The van der Waals surface area contributed by atoms with Crippen LogP contribution in [0.2, 0.25) is 0 Å². The van der Waals surface area contributed by atoms with Gasteiger partial charge >= 0.3 is 0 Å². The molecule has 630 valence electrons. The SMILES string of the molecule is c1ccc2c(c1)sc1cc(-c3cc(-c4ccc5sc6ccccc6c5c4)nc(-c4ccc5c(c4)sc4ccccc45)n3)ccc12.c1ccc2c(c1)sc1cc(-c3nc(-c4ccc5sc6ccccc6c5c4)cc(-c4ccc5sc6ccccc6c5c4)n3)ccc12.c1ccc2c(c1)sc1cc(-c3nc(-c4ccc5sc6ccccc6c5c4)nc(-c4ccc5sc6ccccc6c5c4)n3)ccc12. The molecule has 30 aromatic rings. The summed E-state index contributed by atoms with van der Waals surface area (Å²) in [5.41, 5.74) is 13.1. The summed E-state index contributed by atoms with van der Waals surface area (Å²) in [6, 6.07) is 142. The fraction of sp³-hybridized carbons (Fsp3) is 0. The third-order valence-electron chi connectivity index (χ3n) is 26.0. The Labute approximate surface area is 807 Å². The maximum Gasteiger partial charge on any atom is 0.164 e. The molecule has 0 saturated carbocycles. The predicted molar refractivity (Wildman–Crippen MR) is 589 cm³/mol. The van der Waals surface area contributed by atoms with Gasteiger partial charge in [-0.3, -0.25) is 0 Å². The molecule has 0 bridgehead atoms. The van der Waals surface area contributed by atoms with E-state index in [-0.39, 0.29) is 0 Å². The highest BCUT2D eigenvalue weighted by atomic mass is 32.1. The van der Waals surface area contributed by atoms with Crippen molar-refractivity contribution in [1.29, 1.82) is 0 Å². The van der Waals surface area contributed by atoms with Crippen LogP contribution in [0.1, 0.15) is 0 Å². The van der Waals surface area contributed by atoms with E-state index in [0.29, 0.717) is 17.5 Å². The summed E-state index contributed by atoms with van der Waals surface area (Å²) >= 11 is 16.5. The van der Waals surface area contributed by atoms with Crippen LogP contribution in [0, 0.1) is 0 Å². The van der Waals surface area contributed by atoms with Crippen LogP contribution in [0.3, 0.4) is 0 Å². The van der Waals surface area contributed by atoms with E-state index < -0.39 is 0 Å². The number of hydrogen-bond acceptors (Lipinski definition) is 16. The van der Waals surface area contributed by atoms with Crippen LogP contribution in [-0.2, 0) is 0 Å². The molecular formula is C119H65N7S9. The highest BCUT2D eigenvalue weighted by molar-refractivity contribution is 7.29. The van der Waals surface area contributed by atoms with Crippen molar-refractivity contribution < 1.29 is 0 Å². The topological polar surface area (TPSA) is 90.2 Å². The van der Waals surface area contributed by atoms with Gasteiger partial charge in [0, 0.05) is 232 Å². The molecule has 12 heterocycles. The van der Waals surface area contributed by atoms with Crippen molar-refractivity contribution in [2.45, 2.75) is 0 Å². The molecule has 135 heavy (non-hydrogen) atoms. The lowest BCUT2D eigenvalue weighted by Crippen LogP contribution is -2.00. The third kappa shape index (κ3) is 13.7. The first kappa shape index (κ1) is 78.7. The lowest BCUT2D eigenvalue weighted by molar-refractivity contribution is 1.08. The Bertz CT molecular complexity index is 9380. The van der Waals surface area contributed by atoms with Gasteiger partial charge in [0.2, 0.25) is 0 Å². The zero-order chi connectivity index (χ0) is 88.5. The molecule has 30 rings (SSSR count). The molecule has 0 unspecified atom stereocenters. The van der Waals surface area contributed by atoms with Crippen molar-refractivity contribution in [3.8, 4) is 102 Å². The van der Waals surface area contributed by atoms with Crippen LogP contribution in [0.4, 0.5) is 0 Å². The molecule has 16 heteroatoms. The Kier molecular flexibility index (Phi) is 18.6. The smallest absolute Gasteiger partial charge is 0.164 e. The Morgan fingerprint density at radius 1 is 0.104 bits per heavy atom. The number of nitrogens with zero attached hydrogens (tertiary/aromatic N) is 7. The van der Waals surface area contributed by atoms with Gasteiger partial charge in [0.15, 0.2) is 29.1 Å². The summed E-state index contributed by atoms with van der Waals surface area (Å²) in [7, 11) is 0. The van der Waals surface area contributed by atoms with Crippen molar-refractivity contribution in [3.05, 3.63) is 394 Å². The molecule has 0 N–H and O–H groups in total. The van der Waals surface area contributed by atoms with Crippen molar-refractivity contribution in [1.82, 2.24) is 34.9 Å². The van der Waals surface area contributed by atoms with Gasteiger partial charge in [-0.05, 0) is 164 Å². The van der Waals surface area contributed by atoms with Gasteiger partial charge in [-0.1, -0.05) is 231 Å². The van der Waals surface area contributed by atoms with Gasteiger partial charge in [-0.15, -0.1) is 102 Å². The van der Waals surface area contributed by atoms with Crippen LogP contribution in [0.5, 0.6) is 0 Å². The number of benzene rings is 18. The van der Waals surface area contributed by atoms with E-state index in [1.807, 2.05) is 102 Å². The van der Waals surface area contributed by atoms with Crippen molar-refractivity contribution in [2.24, 2.45) is 0 Å². The summed E-state index contributed by atoms with van der Waals surface area (Å²) in [5, 5.41) is 23.0. The molecule has 0 aliphatic rings. The van der Waals surface area contributed by atoms with Crippen molar-refractivity contribution >= 4 is 284 Å². The Hall–Kier alpha value is -14.9. The van der Waals surface area contributed by atoms with E-state index in [2.05, 4.69) is 394 Å². The summed E-state index contributed by atoms with van der Waals surface area (Å²) in [4.78, 5) is 36.3. The van der Waals surface area contributed by atoms with Crippen LogP contribution in [-0.4, -0.2) is 34.9 Å². The fourth-order valence-corrected chi connectivity index (χ4v) is 29.4. The largest absolute Gasteiger partial charge is 0.228 e. The van der Waals surface area contributed by atoms with Crippen molar-refractivity contribution in [3.63, 3.8) is 0 Å². The maximum atomic E-state index is 5.23. The molecule has 0 aliphatic heterocycles. The van der Waals surface area contributed by atoms with Gasteiger partial charge in [0.05, 0.1) is 22.8 Å². The molecule has 0 saturated heterocycles. The molecule has 0 radical (unpaired) electrons. The molecule has 12 aromatic heterocycles. The lowest BCUT2D eigenvalue weighted by Gasteiger charge is -2.10. The first-order valence-electron chi connectivity index (χ1n) is 44.5. The first-order chi connectivity index (χ1) is 66.7. The van der Waals surface area contributed by atoms with E-state index >= 15 is 0 Å². The zero-order valence-electron chi connectivity index (χ0n) is 71.3. The molecule has 0 aliphatic carbocycles. The highest BCUT2D eigenvalue weighted by Gasteiger charge is 2.23. The van der Waals surface area contributed by atoms with E-state index in [1.54, 1.807) is 0 Å². The normalized spacial score (nSPS) is 12.0. The average molecular weight is 1880 g/mol. The van der Waals surface area contributed by atoms with Gasteiger partial charge in [0.25, 0.3) is 0 Å². The van der Waals surface area contributed by atoms with E-state index in [4.69, 9.17) is 34.9 Å². The zero-order valence-corrected chi connectivity index (χ0v) is 78.7. The minimum Gasteiger partial charge on any atom is -0.228 e. The number of thiophene rings is 9. The predicted octanol–water partition coefficient (Wildman–Crippen LogP) is 37.1. The standard InChI is InChI=1S/2C40H22N2S3.C39H21N3S3/c1-4-10-34-26(7-1)29-16-13-24(20-38(29)44-34)33-22-32(23-15-18-37-31(19-23)28-9-3-6-12-36(28)43-37)41-40(42-33)25-14-17-30-27-8-2-5-11-35(27)45-39(30)21-25;1-4-10-34-26(7-1)29-16-13-25(21-39(29)45-34)40-41-32(23-14-17-37-30(19-23)27-8-2-5-11-35(27)43-37)22-33(42-40)24-15-18-38-31(20-24)28-9-3-6-12-36(28)44-38;1-4-10-31-25(7-1)28-16-13-24(21-36(28)45-31)39-41-37(22-14-17-34-29(19-22)26-8-2-5-11-32(26)43-34)40-38(42-39)23-15-18-35-30(20-23)27-9-3-6-12-33(27)44-35/h2*1-22H;1-21H. The molecule has 0 atom stereocenters. The Balaban J connectivity index is 0.000000101. The van der Waals surface area contributed by atoms with Gasteiger partial charge in [0.1, 0.15) is 0 Å². The van der Waals surface area contributed by atoms with E-state index in [1.165, 1.54) is 182 Å². The Morgan fingerprint density at radius 2 is 0.252 bits per heavy atom. The Morgan fingerprint density at radius 3 is 0.496 bits per heavy atom. The molecule has 18 aromatic carbocycles. The van der Waals surface area contributed by atoms with Crippen LogP contribution >= 0.6 is 102 Å². The number of hydrogen-bond donors (Lipinski definition) is 0. The molecule has 0 spiro atoms. The summed E-state index contributed by atoms with van der Waals surface area (Å²) < 4.78 is 23.1. The second-order valence-corrected chi connectivity index (χ2v) is 43.8. The molecule has 0 fully saturated rings. The van der Waals surface area contributed by atoms with Crippen molar-refractivity contribution in [2.75, 3.05) is 0 Å². The van der Waals surface area contributed by atoms with Gasteiger partial charge in [-0.2, -0.15) is 0 Å². The van der Waals surface area contributed by atoms with Gasteiger partial charge < -0.3 is 0 Å². The average Bonchev–Trinajstić information content (AvgIpc) is 1.68. The van der Waals surface area contributed by atoms with Crippen LogP contribution in [0.25, 0.3) is 284 Å². The first-order valence-corrected chi connectivity index (χ1v) is 51.9. The lowest BCUT2D eigenvalue weighted by atomic mass is 10.0. The second-order valence-electron chi connectivity index (χ2n) is 34.0. The fourth-order valence-electron chi connectivity index (χ4n) is 19.4. The monoisotopic (exact) mass is 1880 g/mol. The van der Waals surface area contributed by atoms with Crippen LogP contribution in [0.15, 0.2) is 394 Å².